The van der Waals surface area contributed by atoms with Crippen LogP contribution in [0.2, 0.25) is 5.02 Å². The summed E-state index contributed by atoms with van der Waals surface area (Å²) < 4.78 is 63.7. The lowest BCUT2D eigenvalue weighted by Crippen LogP contribution is -2.36. The zero-order valence-electron chi connectivity index (χ0n) is 10.5. The van der Waals surface area contributed by atoms with Gasteiger partial charge >= 0.3 is 6.18 Å². The van der Waals surface area contributed by atoms with Crippen molar-refractivity contribution in [2.45, 2.75) is 30.5 Å². The molecule has 0 heterocycles. The molecule has 0 aliphatic heterocycles. The second-order valence-corrected chi connectivity index (χ2v) is 6.31. The van der Waals surface area contributed by atoms with Crippen LogP contribution >= 0.6 is 11.6 Å². The molecule has 0 radical (unpaired) electrons. The van der Waals surface area contributed by atoms with Gasteiger partial charge in [-0.25, -0.2) is 13.1 Å². The third-order valence-corrected chi connectivity index (χ3v) is 4.51. The maximum atomic E-state index is 12.6. The first-order valence-corrected chi connectivity index (χ1v) is 7.56. The predicted octanol–water partition coefficient (Wildman–Crippen LogP) is 2.37. The number of halogens is 4. The molecule has 0 fully saturated rings. The molecule has 1 aromatic carbocycles. The van der Waals surface area contributed by atoms with Crippen molar-refractivity contribution in [1.82, 2.24) is 4.72 Å². The van der Waals surface area contributed by atoms with Crippen LogP contribution in [0.3, 0.4) is 0 Å². The van der Waals surface area contributed by atoms with Gasteiger partial charge in [0.25, 0.3) is 0 Å². The van der Waals surface area contributed by atoms with Crippen molar-refractivity contribution in [2.75, 3.05) is 6.54 Å². The van der Waals surface area contributed by atoms with E-state index in [0.717, 1.165) is 12.1 Å². The van der Waals surface area contributed by atoms with Gasteiger partial charge in [0.1, 0.15) is 4.90 Å². The van der Waals surface area contributed by atoms with Gasteiger partial charge < -0.3 is 5.73 Å². The third kappa shape index (κ3) is 4.34. The smallest absolute Gasteiger partial charge is 0.327 e. The number of alkyl halides is 3. The van der Waals surface area contributed by atoms with E-state index in [9.17, 15) is 21.6 Å². The maximum absolute atomic E-state index is 12.6. The van der Waals surface area contributed by atoms with Crippen LogP contribution in [-0.4, -0.2) is 21.0 Å². The summed E-state index contributed by atoms with van der Waals surface area (Å²) in [6.07, 6.45) is -4.12. The lowest BCUT2D eigenvalue weighted by Gasteiger charge is -2.13. The van der Waals surface area contributed by atoms with Crippen LogP contribution in [0.4, 0.5) is 13.2 Å². The van der Waals surface area contributed by atoms with Gasteiger partial charge in [-0.1, -0.05) is 18.5 Å². The Labute approximate surface area is 120 Å². The van der Waals surface area contributed by atoms with Gasteiger partial charge in [-0.2, -0.15) is 13.2 Å². The molecule has 1 atom stereocenters. The second-order valence-electron chi connectivity index (χ2n) is 4.16. The van der Waals surface area contributed by atoms with E-state index in [4.69, 9.17) is 17.3 Å². The average Bonchev–Trinajstić information content (AvgIpc) is 2.34. The number of rotatable bonds is 5. The van der Waals surface area contributed by atoms with E-state index >= 15 is 0 Å². The summed E-state index contributed by atoms with van der Waals surface area (Å²) in [5.41, 5.74) is 4.47. The van der Waals surface area contributed by atoms with E-state index in [1.54, 1.807) is 6.92 Å². The minimum atomic E-state index is -4.64. The Bertz CT molecular complexity index is 576. The fourth-order valence-electron chi connectivity index (χ4n) is 1.32. The SMILES string of the molecule is CCC(N)CNS(=O)(=O)c1cc(C(F)(F)F)ccc1Cl. The first-order valence-electron chi connectivity index (χ1n) is 5.70. The molecule has 20 heavy (non-hydrogen) atoms. The zero-order chi connectivity index (χ0) is 15.6. The van der Waals surface area contributed by atoms with Gasteiger partial charge in [0.15, 0.2) is 0 Å². The minimum absolute atomic E-state index is 0.0780. The Morgan fingerprint density at radius 2 is 2.00 bits per heavy atom. The van der Waals surface area contributed by atoms with E-state index < -0.39 is 32.7 Å². The Morgan fingerprint density at radius 3 is 2.50 bits per heavy atom. The van der Waals surface area contributed by atoms with Gasteiger partial charge in [0, 0.05) is 12.6 Å². The number of sulfonamides is 1. The molecular weight excluding hydrogens is 317 g/mol. The number of hydrogen-bond acceptors (Lipinski definition) is 3. The predicted molar refractivity (Wildman–Crippen MR) is 69.9 cm³/mol. The summed E-state index contributed by atoms with van der Waals surface area (Å²) in [5, 5.41) is -0.282. The molecule has 3 N–H and O–H groups in total. The summed E-state index contributed by atoms with van der Waals surface area (Å²) in [7, 11) is -4.14. The summed E-state index contributed by atoms with van der Waals surface area (Å²) >= 11 is 5.66. The Hall–Kier alpha value is -0.830. The summed E-state index contributed by atoms with van der Waals surface area (Å²) in [5.74, 6) is 0. The molecule has 0 bridgehead atoms. The van der Waals surface area contributed by atoms with Gasteiger partial charge in [-0.05, 0) is 24.6 Å². The molecular formula is C11H14ClF3N2O2S. The Kier molecular flexibility index (Phi) is 5.42. The molecule has 114 valence electrons. The fraction of sp³-hybridized carbons (Fsp3) is 0.455. The molecule has 0 aromatic heterocycles. The molecule has 0 aliphatic carbocycles. The van der Waals surface area contributed by atoms with Crippen LogP contribution in [0.25, 0.3) is 0 Å². The molecule has 0 spiro atoms. The van der Waals surface area contributed by atoms with E-state index in [2.05, 4.69) is 4.72 Å². The molecule has 1 rings (SSSR count). The minimum Gasteiger partial charge on any atom is -0.327 e. The van der Waals surface area contributed by atoms with Crippen LogP contribution in [0.15, 0.2) is 23.1 Å². The van der Waals surface area contributed by atoms with Gasteiger partial charge in [-0.3, -0.25) is 0 Å². The number of benzene rings is 1. The highest BCUT2D eigenvalue weighted by Crippen LogP contribution is 2.33. The topological polar surface area (TPSA) is 72.2 Å². The van der Waals surface area contributed by atoms with E-state index in [1.807, 2.05) is 0 Å². The molecule has 0 saturated heterocycles. The standard InChI is InChI=1S/C11H14ClF3N2O2S/c1-2-8(16)6-17-20(18,19)10-5-7(11(13,14)15)3-4-9(10)12/h3-5,8,17H,2,6,16H2,1H3. The Balaban J connectivity index is 3.11. The van der Waals surface area contributed by atoms with Crippen molar-refractivity contribution in [2.24, 2.45) is 5.73 Å². The number of nitrogens with one attached hydrogen (secondary N) is 1. The highest BCUT2D eigenvalue weighted by atomic mass is 35.5. The molecule has 0 aliphatic rings. The molecule has 9 heteroatoms. The molecule has 1 aromatic rings. The summed E-state index contributed by atoms with van der Waals surface area (Å²) in [6.45, 7) is 1.68. The molecule has 1 unspecified atom stereocenters. The maximum Gasteiger partial charge on any atom is 0.416 e. The van der Waals surface area contributed by atoms with Crippen molar-refractivity contribution in [3.63, 3.8) is 0 Å². The van der Waals surface area contributed by atoms with Crippen LogP contribution in [0.5, 0.6) is 0 Å². The second kappa shape index (κ2) is 6.30. The zero-order valence-corrected chi connectivity index (χ0v) is 12.1. The quantitative estimate of drug-likeness (QED) is 0.870. The van der Waals surface area contributed by atoms with Crippen molar-refractivity contribution in [3.05, 3.63) is 28.8 Å². The van der Waals surface area contributed by atoms with Crippen molar-refractivity contribution in [3.8, 4) is 0 Å². The fourth-order valence-corrected chi connectivity index (χ4v) is 2.94. The van der Waals surface area contributed by atoms with Crippen LogP contribution < -0.4 is 10.5 Å². The van der Waals surface area contributed by atoms with Crippen LogP contribution in [0, 0.1) is 0 Å². The summed E-state index contributed by atoms with van der Waals surface area (Å²) in [4.78, 5) is -0.614. The van der Waals surface area contributed by atoms with Gasteiger partial charge in [0.05, 0.1) is 10.6 Å². The van der Waals surface area contributed by atoms with Gasteiger partial charge in [0.2, 0.25) is 10.0 Å². The lowest BCUT2D eigenvalue weighted by atomic mass is 10.2. The highest BCUT2D eigenvalue weighted by molar-refractivity contribution is 7.89. The first kappa shape index (κ1) is 17.2. The van der Waals surface area contributed by atoms with E-state index in [1.165, 1.54) is 0 Å². The monoisotopic (exact) mass is 330 g/mol. The van der Waals surface area contributed by atoms with Crippen LogP contribution in [-0.2, 0) is 16.2 Å². The molecule has 4 nitrogen and oxygen atoms in total. The van der Waals surface area contributed by atoms with E-state index in [-0.39, 0.29) is 11.6 Å². The van der Waals surface area contributed by atoms with Gasteiger partial charge in [-0.15, -0.1) is 0 Å². The largest absolute Gasteiger partial charge is 0.416 e. The van der Waals surface area contributed by atoms with Crippen molar-refractivity contribution >= 4 is 21.6 Å². The van der Waals surface area contributed by atoms with Crippen molar-refractivity contribution < 1.29 is 21.6 Å². The molecule has 0 saturated carbocycles. The number of hydrogen-bond donors (Lipinski definition) is 2. The third-order valence-electron chi connectivity index (χ3n) is 2.61. The highest BCUT2D eigenvalue weighted by Gasteiger charge is 2.32. The van der Waals surface area contributed by atoms with Crippen molar-refractivity contribution in [1.29, 1.82) is 0 Å². The summed E-state index contributed by atoms with van der Waals surface area (Å²) in [6, 6.07) is 1.70. The lowest BCUT2D eigenvalue weighted by molar-refractivity contribution is -0.137. The normalized spacial score (nSPS) is 14.3. The first-order chi connectivity index (χ1) is 9.08. The number of nitrogens with two attached hydrogens (primary N) is 1. The van der Waals surface area contributed by atoms with E-state index in [0.29, 0.717) is 12.5 Å². The Morgan fingerprint density at radius 1 is 1.40 bits per heavy atom. The molecule has 0 amide bonds. The van der Waals surface area contributed by atoms with Crippen LogP contribution in [0.1, 0.15) is 18.9 Å². The average molecular weight is 331 g/mol.